The van der Waals surface area contributed by atoms with E-state index in [1.165, 1.54) is 0 Å². The number of hydrogen-bond donors (Lipinski definition) is 3. The zero-order chi connectivity index (χ0) is 13.8. The van der Waals surface area contributed by atoms with E-state index in [9.17, 15) is 4.79 Å². The number of carbonyl (C=O) groups is 1. The molecule has 1 rings (SSSR count). The Balaban J connectivity index is 2.80. The number of amides is 1. The number of hydrogen-bond acceptors (Lipinski definition) is 4. The zero-order valence-corrected chi connectivity index (χ0v) is 11.0. The molecule has 1 aromatic rings. The van der Waals surface area contributed by atoms with E-state index in [0.717, 1.165) is 0 Å². The summed E-state index contributed by atoms with van der Waals surface area (Å²) in [6.07, 6.45) is -0.130. The van der Waals surface area contributed by atoms with Gasteiger partial charge in [-0.05, 0) is 51.0 Å². The maximum atomic E-state index is 11.6. The van der Waals surface area contributed by atoms with Crippen LogP contribution in [0.5, 0.6) is 5.75 Å². The molecule has 0 unspecified atom stereocenters. The lowest BCUT2D eigenvalue weighted by molar-refractivity contribution is 0.190. The molecule has 0 aliphatic rings. The summed E-state index contributed by atoms with van der Waals surface area (Å²) < 4.78 is 5.21. The number of nitrogens with two attached hydrogens (primary N) is 1. The Bertz CT molecular complexity index is 425. The molecule has 100 valence electrons. The molecule has 0 fully saturated rings. The Morgan fingerprint density at radius 1 is 1.44 bits per heavy atom. The van der Waals surface area contributed by atoms with Crippen molar-refractivity contribution in [2.75, 3.05) is 12.3 Å². The first kappa shape index (κ1) is 14.3. The Morgan fingerprint density at radius 2 is 2.11 bits per heavy atom. The van der Waals surface area contributed by atoms with Crippen LogP contribution in [-0.4, -0.2) is 23.3 Å². The first-order valence-corrected chi connectivity index (χ1v) is 5.81. The van der Waals surface area contributed by atoms with Crippen molar-refractivity contribution in [3.8, 4) is 5.75 Å². The van der Waals surface area contributed by atoms with Crippen LogP contribution in [0.3, 0.4) is 0 Å². The van der Waals surface area contributed by atoms with Gasteiger partial charge in [-0.25, -0.2) is 4.79 Å². The molecule has 0 bridgehead atoms. The van der Waals surface area contributed by atoms with Crippen molar-refractivity contribution >= 4 is 11.8 Å². The number of anilines is 1. The summed E-state index contributed by atoms with van der Waals surface area (Å²) in [5, 5.41) is 11.7. The molecule has 0 atom stereocenters. The molecule has 0 aliphatic heterocycles. The monoisotopic (exact) mass is 252 g/mol. The van der Waals surface area contributed by atoms with E-state index in [2.05, 4.69) is 5.32 Å². The second-order valence-electron chi connectivity index (χ2n) is 5.11. The third-order valence-corrected chi connectivity index (χ3v) is 2.15. The Labute approximate surface area is 107 Å². The van der Waals surface area contributed by atoms with Crippen molar-refractivity contribution in [1.82, 2.24) is 5.32 Å². The number of carbonyl (C=O) groups excluding carboxylic acids is 1. The number of aliphatic hydroxyl groups excluding tert-OH is 1. The van der Waals surface area contributed by atoms with Gasteiger partial charge in [0.25, 0.3) is 0 Å². The lowest BCUT2D eigenvalue weighted by atomic mass is 10.1. The SMILES string of the molecule is CC(C)(C)NC(=O)Oc1ccc(N)cc1CCO. The van der Waals surface area contributed by atoms with Gasteiger partial charge >= 0.3 is 6.09 Å². The highest BCUT2D eigenvalue weighted by Gasteiger charge is 2.16. The summed E-state index contributed by atoms with van der Waals surface area (Å²) in [4.78, 5) is 11.6. The van der Waals surface area contributed by atoms with Crippen molar-refractivity contribution < 1.29 is 14.6 Å². The Hall–Kier alpha value is -1.75. The lowest BCUT2D eigenvalue weighted by Gasteiger charge is -2.20. The Kier molecular flexibility index (Phi) is 4.55. The van der Waals surface area contributed by atoms with E-state index in [4.69, 9.17) is 15.6 Å². The molecule has 1 amide bonds. The largest absolute Gasteiger partial charge is 0.413 e. The number of rotatable bonds is 3. The number of aliphatic hydroxyl groups is 1. The molecule has 0 saturated heterocycles. The third-order valence-electron chi connectivity index (χ3n) is 2.15. The fraction of sp³-hybridized carbons (Fsp3) is 0.462. The fourth-order valence-corrected chi connectivity index (χ4v) is 1.45. The summed E-state index contributed by atoms with van der Waals surface area (Å²) >= 11 is 0. The van der Waals surface area contributed by atoms with E-state index >= 15 is 0 Å². The van der Waals surface area contributed by atoms with Crippen molar-refractivity contribution in [3.05, 3.63) is 23.8 Å². The predicted molar refractivity (Wildman–Crippen MR) is 70.6 cm³/mol. The van der Waals surface area contributed by atoms with E-state index in [0.29, 0.717) is 23.4 Å². The molecule has 0 radical (unpaired) electrons. The number of ether oxygens (including phenoxy) is 1. The summed E-state index contributed by atoms with van der Waals surface area (Å²) in [5.74, 6) is 0.417. The maximum absolute atomic E-state index is 11.6. The van der Waals surface area contributed by atoms with E-state index in [-0.39, 0.29) is 12.1 Å². The van der Waals surface area contributed by atoms with Crippen LogP contribution in [0.2, 0.25) is 0 Å². The maximum Gasteiger partial charge on any atom is 0.413 e. The predicted octanol–water partition coefficient (Wildman–Crippen LogP) is 1.69. The minimum Gasteiger partial charge on any atom is -0.410 e. The van der Waals surface area contributed by atoms with Gasteiger partial charge < -0.3 is 20.9 Å². The normalized spacial score (nSPS) is 11.1. The average molecular weight is 252 g/mol. The van der Waals surface area contributed by atoms with Gasteiger partial charge in [0, 0.05) is 17.8 Å². The van der Waals surface area contributed by atoms with Crippen LogP contribution in [-0.2, 0) is 6.42 Å². The van der Waals surface area contributed by atoms with Gasteiger partial charge in [0.05, 0.1) is 0 Å². The molecular weight excluding hydrogens is 232 g/mol. The average Bonchev–Trinajstić information content (AvgIpc) is 2.20. The van der Waals surface area contributed by atoms with E-state index in [1.54, 1.807) is 18.2 Å². The van der Waals surface area contributed by atoms with E-state index < -0.39 is 6.09 Å². The first-order chi connectivity index (χ1) is 8.31. The van der Waals surface area contributed by atoms with Crippen LogP contribution < -0.4 is 15.8 Å². The van der Waals surface area contributed by atoms with Gasteiger partial charge in [-0.15, -0.1) is 0 Å². The summed E-state index contributed by atoms with van der Waals surface area (Å²) in [6.45, 7) is 5.57. The Morgan fingerprint density at radius 3 is 2.67 bits per heavy atom. The highest BCUT2D eigenvalue weighted by atomic mass is 16.6. The topological polar surface area (TPSA) is 84.6 Å². The molecule has 0 aliphatic carbocycles. The third kappa shape index (κ3) is 4.63. The lowest BCUT2D eigenvalue weighted by Crippen LogP contribution is -2.42. The van der Waals surface area contributed by atoms with Gasteiger partial charge in [0.1, 0.15) is 5.75 Å². The van der Waals surface area contributed by atoms with Crippen LogP contribution in [0, 0.1) is 0 Å². The summed E-state index contributed by atoms with van der Waals surface area (Å²) in [5.41, 5.74) is 6.57. The standard InChI is InChI=1S/C13H20N2O3/c1-13(2,3)15-12(17)18-11-5-4-10(14)8-9(11)6-7-16/h4-5,8,16H,6-7,14H2,1-3H3,(H,15,17). The molecule has 0 aromatic heterocycles. The summed E-state index contributed by atoms with van der Waals surface area (Å²) in [7, 11) is 0. The number of nitrogen functional groups attached to an aromatic ring is 1. The fourth-order valence-electron chi connectivity index (χ4n) is 1.45. The molecule has 5 heteroatoms. The van der Waals surface area contributed by atoms with Gasteiger partial charge in [-0.3, -0.25) is 0 Å². The highest BCUT2D eigenvalue weighted by Crippen LogP contribution is 2.22. The molecule has 4 N–H and O–H groups in total. The molecule has 18 heavy (non-hydrogen) atoms. The van der Waals surface area contributed by atoms with Crippen molar-refractivity contribution in [3.63, 3.8) is 0 Å². The summed E-state index contributed by atoms with van der Waals surface area (Å²) in [6, 6.07) is 4.97. The van der Waals surface area contributed by atoms with Crippen LogP contribution >= 0.6 is 0 Å². The highest BCUT2D eigenvalue weighted by molar-refractivity contribution is 5.72. The van der Waals surface area contributed by atoms with Crippen LogP contribution in [0.4, 0.5) is 10.5 Å². The van der Waals surface area contributed by atoms with Crippen molar-refractivity contribution in [2.45, 2.75) is 32.7 Å². The quantitative estimate of drug-likeness (QED) is 0.715. The molecule has 0 heterocycles. The minimum absolute atomic E-state index is 0.0271. The minimum atomic E-state index is -0.522. The molecule has 0 saturated carbocycles. The number of benzene rings is 1. The molecule has 0 spiro atoms. The van der Waals surface area contributed by atoms with Crippen molar-refractivity contribution in [1.29, 1.82) is 0 Å². The smallest absolute Gasteiger partial charge is 0.410 e. The first-order valence-electron chi connectivity index (χ1n) is 5.81. The second-order valence-corrected chi connectivity index (χ2v) is 5.11. The van der Waals surface area contributed by atoms with Gasteiger partial charge in [0.2, 0.25) is 0 Å². The van der Waals surface area contributed by atoms with E-state index in [1.807, 2.05) is 20.8 Å². The van der Waals surface area contributed by atoms with Crippen LogP contribution in [0.15, 0.2) is 18.2 Å². The van der Waals surface area contributed by atoms with Crippen molar-refractivity contribution in [2.24, 2.45) is 0 Å². The molecule has 1 aromatic carbocycles. The number of nitrogens with one attached hydrogen (secondary N) is 1. The second kappa shape index (κ2) is 5.73. The van der Waals surface area contributed by atoms with Gasteiger partial charge in [0.15, 0.2) is 0 Å². The van der Waals surface area contributed by atoms with Crippen LogP contribution in [0.1, 0.15) is 26.3 Å². The van der Waals surface area contributed by atoms with Gasteiger partial charge in [-0.1, -0.05) is 0 Å². The molecule has 5 nitrogen and oxygen atoms in total. The molecular formula is C13H20N2O3. The zero-order valence-electron chi connectivity index (χ0n) is 11.0. The van der Waals surface area contributed by atoms with Gasteiger partial charge in [-0.2, -0.15) is 0 Å². The van der Waals surface area contributed by atoms with Crippen LogP contribution in [0.25, 0.3) is 0 Å².